The molecule has 20 heavy (non-hydrogen) atoms. The van der Waals surface area contributed by atoms with Crippen LogP contribution in [0.15, 0.2) is 34.0 Å². The number of aromatic nitrogens is 2. The molecule has 0 saturated heterocycles. The molecule has 0 saturated carbocycles. The second-order valence-electron chi connectivity index (χ2n) is 4.31. The highest BCUT2D eigenvalue weighted by Gasteiger charge is 2.10. The molecule has 0 atom stereocenters. The number of benzene rings is 1. The molecule has 2 rings (SSSR count). The van der Waals surface area contributed by atoms with Crippen LogP contribution in [0.4, 0.5) is 4.39 Å². The Hall–Kier alpha value is -1.82. The lowest BCUT2D eigenvalue weighted by Crippen LogP contribution is -2.16. The number of nitrogens with zero attached hydrogens (tertiary/aromatic N) is 1. The van der Waals surface area contributed by atoms with Crippen molar-refractivity contribution in [2.45, 2.75) is 30.4 Å². The summed E-state index contributed by atoms with van der Waals surface area (Å²) in [6.07, 6.45) is 1.25. The average molecular weight is 294 g/mol. The van der Waals surface area contributed by atoms with Gasteiger partial charge >= 0.3 is 0 Å². The maximum absolute atomic E-state index is 13.0. The zero-order valence-electron chi connectivity index (χ0n) is 11.0. The van der Waals surface area contributed by atoms with Crippen molar-refractivity contribution in [3.8, 4) is 5.88 Å². The van der Waals surface area contributed by atoms with E-state index in [1.807, 2.05) is 6.92 Å². The van der Waals surface area contributed by atoms with Crippen LogP contribution in [0.1, 0.15) is 24.7 Å². The Morgan fingerprint density at radius 1 is 1.45 bits per heavy atom. The zero-order valence-corrected chi connectivity index (χ0v) is 11.8. The van der Waals surface area contributed by atoms with Crippen molar-refractivity contribution in [1.82, 2.24) is 9.97 Å². The first-order valence-electron chi connectivity index (χ1n) is 6.29. The lowest BCUT2D eigenvalue weighted by atomic mass is 10.2. The number of aromatic hydroxyl groups is 1. The fourth-order valence-corrected chi connectivity index (χ4v) is 2.59. The molecule has 0 amide bonds. The fourth-order valence-electron chi connectivity index (χ4n) is 1.78. The molecule has 0 fully saturated rings. The van der Waals surface area contributed by atoms with Crippen LogP contribution >= 0.6 is 11.8 Å². The Balaban J connectivity index is 2.13. The highest BCUT2D eigenvalue weighted by atomic mass is 32.2. The van der Waals surface area contributed by atoms with Crippen LogP contribution in [-0.4, -0.2) is 15.1 Å². The number of thioether (sulfide) groups is 1. The molecule has 1 aromatic carbocycles. The third-order valence-electron chi connectivity index (χ3n) is 2.71. The molecular weight excluding hydrogens is 279 g/mol. The molecule has 0 spiro atoms. The van der Waals surface area contributed by atoms with Crippen molar-refractivity contribution >= 4 is 11.8 Å². The number of hydrogen-bond donors (Lipinski definition) is 2. The Labute approximate surface area is 120 Å². The summed E-state index contributed by atoms with van der Waals surface area (Å²) in [5.41, 5.74) is 0.00111. The molecule has 1 heterocycles. The van der Waals surface area contributed by atoms with Gasteiger partial charge in [0.2, 0.25) is 5.88 Å². The number of nitrogens with one attached hydrogen (secondary N) is 1. The van der Waals surface area contributed by atoms with Crippen molar-refractivity contribution < 1.29 is 9.50 Å². The van der Waals surface area contributed by atoms with Crippen LogP contribution in [0, 0.1) is 5.82 Å². The van der Waals surface area contributed by atoms with E-state index in [0.717, 1.165) is 11.3 Å². The summed E-state index contributed by atoms with van der Waals surface area (Å²) in [6, 6.07) is 6.18. The summed E-state index contributed by atoms with van der Waals surface area (Å²) in [5.74, 6) is 0.211. The Kier molecular flexibility index (Phi) is 4.79. The molecule has 0 aliphatic heterocycles. The lowest BCUT2D eigenvalue weighted by molar-refractivity contribution is 0.440. The van der Waals surface area contributed by atoms with Crippen molar-refractivity contribution in [2.75, 3.05) is 0 Å². The summed E-state index contributed by atoms with van der Waals surface area (Å²) in [4.78, 5) is 19.2. The molecule has 2 aromatic rings. The molecule has 106 valence electrons. The molecule has 0 aliphatic rings. The van der Waals surface area contributed by atoms with Gasteiger partial charge in [-0.3, -0.25) is 4.79 Å². The van der Waals surface area contributed by atoms with Gasteiger partial charge in [0, 0.05) is 4.90 Å². The van der Waals surface area contributed by atoms with Crippen LogP contribution in [0.2, 0.25) is 0 Å². The zero-order chi connectivity index (χ0) is 14.5. The summed E-state index contributed by atoms with van der Waals surface area (Å²) in [7, 11) is 0. The normalized spacial score (nSPS) is 10.7. The number of hydrogen-bond acceptors (Lipinski definition) is 4. The number of halogens is 1. The third-order valence-corrected chi connectivity index (χ3v) is 3.72. The number of aromatic amines is 1. The van der Waals surface area contributed by atoms with E-state index in [2.05, 4.69) is 9.97 Å². The second-order valence-corrected chi connectivity index (χ2v) is 5.36. The Bertz CT molecular complexity index is 658. The van der Waals surface area contributed by atoms with E-state index >= 15 is 0 Å². The van der Waals surface area contributed by atoms with E-state index < -0.39 is 0 Å². The molecule has 6 heteroatoms. The largest absolute Gasteiger partial charge is 0.493 e. The third kappa shape index (κ3) is 3.60. The van der Waals surface area contributed by atoms with E-state index in [-0.39, 0.29) is 17.3 Å². The molecule has 0 bridgehead atoms. The molecule has 4 nitrogen and oxygen atoms in total. The molecule has 0 radical (unpaired) electrons. The van der Waals surface area contributed by atoms with Crippen molar-refractivity contribution in [3.63, 3.8) is 0 Å². The maximum atomic E-state index is 13.0. The predicted molar refractivity (Wildman–Crippen MR) is 76.5 cm³/mol. The predicted octanol–water partition coefficient (Wildman–Crippen LogP) is 2.86. The van der Waals surface area contributed by atoms with E-state index in [1.54, 1.807) is 12.1 Å². The van der Waals surface area contributed by atoms with Crippen molar-refractivity contribution in [1.29, 1.82) is 0 Å². The van der Waals surface area contributed by atoms with Gasteiger partial charge in [-0.15, -0.1) is 11.8 Å². The van der Waals surface area contributed by atoms with Gasteiger partial charge in [-0.2, -0.15) is 4.98 Å². The monoisotopic (exact) mass is 294 g/mol. The van der Waals surface area contributed by atoms with E-state index in [1.165, 1.54) is 23.9 Å². The van der Waals surface area contributed by atoms with E-state index in [0.29, 0.717) is 23.6 Å². The summed E-state index contributed by atoms with van der Waals surface area (Å²) >= 11 is 1.34. The summed E-state index contributed by atoms with van der Waals surface area (Å²) in [6.45, 7) is 1.92. The summed E-state index contributed by atoms with van der Waals surface area (Å²) in [5, 5.41) is 9.74. The molecule has 0 unspecified atom stereocenters. The van der Waals surface area contributed by atoms with E-state index in [9.17, 15) is 14.3 Å². The maximum Gasteiger partial charge on any atom is 0.257 e. The second kappa shape index (κ2) is 6.56. The van der Waals surface area contributed by atoms with E-state index in [4.69, 9.17) is 0 Å². The van der Waals surface area contributed by atoms with Crippen LogP contribution in [0.25, 0.3) is 0 Å². The van der Waals surface area contributed by atoms with Gasteiger partial charge in [-0.05, 0) is 24.6 Å². The van der Waals surface area contributed by atoms with Crippen LogP contribution in [0.5, 0.6) is 5.88 Å². The minimum atomic E-state index is -0.311. The fraction of sp³-hybridized carbons (Fsp3) is 0.286. The van der Waals surface area contributed by atoms with Crippen molar-refractivity contribution in [2.24, 2.45) is 0 Å². The highest BCUT2D eigenvalue weighted by Crippen LogP contribution is 2.22. The number of H-pyrrole nitrogens is 1. The van der Waals surface area contributed by atoms with Crippen LogP contribution < -0.4 is 5.56 Å². The quantitative estimate of drug-likeness (QED) is 0.832. The van der Waals surface area contributed by atoms with Gasteiger partial charge in [0.25, 0.3) is 5.56 Å². The SMILES string of the molecule is CCCc1c(O)nc(CSc2cccc(F)c2)[nH]c1=O. The standard InChI is InChI=1S/C14H15FN2O2S/c1-2-4-11-13(18)16-12(17-14(11)19)8-20-10-6-3-5-9(15)7-10/h3,5-7H,2,4,8H2,1H3,(H2,16,17,18,19). The minimum absolute atomic E-state index is 0.217. The average Bonchev–Trinajstić information content (AvgIpc) is 2.41. The first-order valence-corrected chi connectivity index (χ1v) is 7.28. The van der Waals surface area contributed by atoms with Gasteiger partial charge in [-0.25, -0.2) is 4.39 Å². The molecule has 0 aliphatic carbocycles. The minimum Gasteiger partial charge on any atom is -0.493 e. The smallest absolute Gasteiger partial charge is 0.257 e. The van der Waals surface area contributed by atoms with Gasteiger partial charge in [0.1, 0.15) is 11.6 Å². The van der Waals surface area contributed by atoms with Gasteiger partial charge < -0.3 is 10.1 Å². The van der Waals surface area contributed by atoms with Crippen LogP contribution in [-0.2, 0) is 12.2 Å². The first kappa shape index (κ1) is 14.6. The lowest BCUT2D eigenvalue weighted by Gasteiger charge is -2.05. The van der Waals surface area contributed by atoms with Gasteiger partial charge in [-0.1, -0.05) is 19.4 Å². The topological polar surface area (TPSA) is 66.0 Å². The first-order chi connectivity index (χ1) is 9.60. The number of rotatable bonds is 5. The highest BCUT2D eigenvalue weighted by molar-refractivity contribution is 7.98. The molecule has 2 N–H and O–H groups in total. The van der Waals surface area contributed by atoms with Crippen LogP contribution in [0.3, 0.4) is 0 Å². The molecular formula is C14H15FN2O2S. The van der Waals surface area contributed by atoms with Gasteiger partial charge in [0.15, 0.2) is 0 Å². The Morgan fingerprint density at radius 3 is 2.90 bits per heavy atom. The summed E-state index contributed by atoms with van der Waals surface area (Å²) < 4.78 is 13.0. The van der Waals surface area contributed by atoms with Gasteiger partial charge in [0.05, 0.1) is 11.3 Å². The van der Waals surface area contributed by atoms with Crippen molar-refractivity contribution in [3.05, 3.63) is 51.8 Å². The Morgan fingerprint density at radius 2 is 2.25 bits per heavy atom. The molecule has 1 aromatic heterocycles.